The Morgan fingerprint density at radius 3 is 2.48 bits per heavy atom. The number of benzene rings is 2. The first-order valence-electron chi connectivity index (χ1n) is 9.91. The van der Waals surface area contributed by atoms with Crippen molar-refractivity contribution >= 4 is 5.91 Å². The Morgan fingerprint density at radius 2 is 1.74 bits per heavy atom. The maximum atomic E-state index is 13.6. The van der Waals surface area contributed by atoms with Gasteiger partial charge in [-0.2, -0.15) is 13.2 Å². The van der Waals surface area contributed by atoms with E-state index < -0.39 is 29.1 Å². The second-order valence-corrected chi connectivity index (χ2v) is 7.81. The SMILES string of the molecule is O=C(c1ccc(F)c(C(F)(F)F)c1)N1CCC2(CC1)Oc1ccccc1-n1cccc12. The fraction of sp³-hybridized carbons (Fsp3) is 0.261. The molecule has 1 saturated heterocycles. The van der Waals surface area contributed by atoms with E-state index in [2.05, 4.69) is 4.57 Å². The van der Waals surface area contributed by atoms with Gasteiger partial charge in [0.2, 0.25) is 0 Å². The third kappa shape index (κ3) is 3.17. The summed E-state index contributed by atoms with van der Waals surface area (Å²) >= 11 is 0. The molecule has 1 amide bonds. The highest BCUT2D eigenvalue weighted by atomic mass is 19.4. The van der Waals surface area contributed by atoms with Gasteiger partial charge in [0, 0.05) is 37.7 Å². The lowest BCUT2D eigenvalue weighted by Crippen LogP contribution is -2.50. The van der Waals surface area contributed by atoms with Crippen LogP contribution in [0.25, 0.3) is 5.69 Å². The van der Waals surface area contributed by atoms with Crippen molar-refractivity contribution in [2.45, 2.75) is 24.6 Å². The van der Waals surface area contributed by atoms with Gasteiger partial charge in [0.1, 0.15) is 11.6 Å². The first kappa shape index (κ1) is 19.7. The Morgan fingerprint density at radius 1 is 1.00 bits per heavy atom. The summed E-state index contributed by atoms with van der Waals surface area (Å²) in [7, 11) is 0. The first-order valence-corrected chi connectivity index (χ1v) is 9.91. The highest BCUT2D eigenvalue weighted by molar-refractivity contribution is 5.94. The molecule has 0 atom stereocenters. The summed E-state index contributed by atoms with van der Waals surface area (Å²) in [5, 5.41) is 0. The van der Waals surface area contributed by atoms with Gasteiger partial charge in [-0.05, 0) is 42.5 Å². The third-order valence-electron chi connectivity index (χ3n) is 6.02. The Bertz CT molecular complexity index is 1160. The van der Waals surface area contributed by atoms with Gasteiger partial charge in [0.05, 0.1) is 16.9 Å². The van der Waals surface area contributed by atoms with Gasteiger partial charge in [-0.15, -0.1) is 0 Å². The van der Waals surface area contributed by atoms with Gasteiger partial charge in [-0.1, -0.05) is 12.1 Å². The smallest absolute Gasteiger partial charge is 0.419 e. The summed E-state index contributed by atoms with van der Waals surface area (Å²) in [6.07, 6.45) is -1.91. The molecule has 2 aliphatic rings. The van der Waals surface area contributed by atoms with Crippen LogP contribution in [-0.2, 0) is 11.8 Å². The van der Waals surface area contributed by atoms with Crippen molar-refractivity contribution in [3.8, 4) is 11.4 Å². The third-order valence-corrected chi connectivity index (χ3v) is 6.02. The molecule has 3 aromatic rings. The topological polar surface area (TPSA) is 34.5 Å². The molecular formula is C23H18F4N2O2. The average Bonchev–Trinajstić information content (AvgIpc) is 3.25. The highest BCUT2D eigenvalue weighted by Gasteiger charge is 2.44. The zero-order valence-electron chi connectivity index (χ0n) is 16.3. The number of ether oxygens (including phenoxy) is 1. The summed E-state index contributed by atoms with van der Waals surface area (Å²) in [4.78, 5) is 14.3. The number of rotatable bonds is 1. The molecule has 4 nitrogen and oxygen atoms in total. The molecule has 0 bridgehead atoms. The number of piperidine rings is 1. The molecule has 8 heteroatoms. The van der Waals surface area contributed by atoms with Crippen LogP contribution in [0, 0.1) is 5.82 Å². The predicted molar refractivity (Wildman–Crippen MR) is 105 cm³/mol. The number of likely N-dealkylation sites (tertiary alicyclic amines) is 1. The minimum atomic E-state index is -4.86. The van der Waals surface area contributed by atoms with Crippen LogP contribution in [0.2, 0.25) is 0 Å². The number of hydrogen-bond acceptors (Lipinski definition) is 2. The summed E-state index contributed by atoms with van der Waals surface area (Å²) in [5.74, 6) is -1.19. The van der Waals surface area contributed by atoms with Crippen LogP contribution in [0.15, 0.2) is 60.8 Å². The van der Waals surface area contributed by atoms with E-state index in [0.717, 1.165) is 23.2 Å². The molecule has 3 heterocycles. The van der Waals surface area contributed by atoms with Crippen molar-refractivity contribution in [2.75, 3.05) is 13.1 Å². The summed E-state index contributed by atoms with van der Waals surface area (Å²) in [6, 6.07) is 14.0. The van der Waals surface area contributed by atoms with E-state index in [1.807, 2.05) is 42.6 Å². The maximum Gasteiger partial charge on any atom is 0.419 e. The maximum absolute atomic E-state index is 13.6. The van der Waals surface area contributed by atoms with Gasteiger partial charge in [0.15, 0.2) is 5.60 Å². The summed E-state index contributed by atoms with van der Waals surface area (Å²) < 4.78 is 61.1. The minimum absolute atomic E-state index is 0.178. The lowest BCUT2D eigenvalue weighted by atomic mass is 9.86. The highest BCUT2D eigenvalue weighted by Crippen LogP contribution is 2.45. The largest absolute Gasteiger partial charge is 0.479 e. The van der Waals surface area contributed by atoms with Crippen LogP contribution in [0.3, 0.4) is 0 Å². The zero-order valence-corrected chi connectivity index (χ0v) is 16.3. The molecule has 0 radical (unpaired) electrons. The molecule has 1 aromatic heterocycles. The van der Waals surface area contributed by atoms with E-state index in [4.69, 9.17) is 4.74 Å². The second kappa shape index (κ2) is 6.87. The van der Waals surface area contributed by atoms with Crippen molar-refractivity contribution in [3.63, 3.8) is 0 Å². The molecule has 2 aromatic carbocycles. The minimum Gasteiger partial charge on any atom is -0.479 e. The lowest BCUT2D eigenvalue weighted by molar-refractivity contribution is -0.140. The molecule has 160 valence electrons. The molecule has 1 spiro atoms. The van der Waals surface area contributed by atoms with Crippen molar-refractivity contribution < 1.29 is 27.1 Å². The van der Waals surface area contributed by atoms with Gasteiger partial charge in [0.25, 0.3) is 5.91 Å². The van der Waals surface area contributed by atoms with E-state index in [9.17, 15) is 22.4 Å². The second-order valence-electron chi connectivity index (χ2n) is 7.81. The Kier molecular flexibility index (Phi) is 4.35. The normalized spacial score (nSPS) is 17.1. The zero-order chi connectivity index (χ0) is 21.8. The quantitative estimate of drug-likeness (QED) is 0.500. The molecule has 0 N–H and O–H groups in total. The summed E-state index contributed by atoms with van der Waals surface area (Å²) in [6.45, 7) is 0.621. The number of alkyl halides is 3. The summed E-state index contributed by atoms with van der Waals surface area (Å²) in [5.41, 5.74) is -0.300. The van der Waals surface area contributed by atoms with E-state index in [1.165, 1.54) is 4.90 Å². The standard InChI is InChI=1S/C23H18F4N2O2/c24-17-8-7-15(14-16(17)23(25,26)27)21(30)28-12-9-22(10-13-28)20-6-3-11-29(20)18-4-1-2-5-19(18)31-22/h1-8,11,14H,9-10,12-13H2. The van der Waals surface area contributed by atoms with Gasteiger partial charge < -0.3 is 14.2 Å². The van der Waals surface area contributed by atoms with Gasteiger partial charge >= 0.3 is 6.18 Å². The number of fused-ring (bicyclic) bond motifs is 4. The number of amides is 1. The fourth-order valence-electron chi connectivity index (χ4n) is 4.45. The van der Waals surface area contributed by atoms with Crippen molar-refractivity contribution in [1.82, 2.24) is 9.47 Å². The Hall–Kier alpha value is -3.29. The fourth-order valence-corrected chi connectivity index (χ4v) is 4.45. The molecular weight excluding hydrogens is 412 g/mol. The van der Waals surface area contributed by atoms with E-state index >= 15 is 0 Å². The van der Waals surface area contributed by atoms with E-state index in [0.29, 0.717) is 38.1 Å². The average molecular weight is 430 g/mol. The number of aromatic nitrogens is 1. The lowest BCUT2D eigenvalue weighted by Gasteiger charge is -2.45. The van der Waals surface area contributed by atoms with Crippen LogP contribution in [0.1, 0.15) is 34.5 Å². The number of carbonyl (C=O) groups is 1. The molecule has 0 unspecified atom stereocenters. The number of halogens is 4. The molecule has 0 saturated carbocycles. The van der Waals surface area contributed by atoms with Crippen LogP contribution < -0.4 is 4.74 Å². The predicted octanol–water partition coefficient (Wildman–Crippen LogP) is 5.16. The van der Waals surface area contributed by atoms with Gasteiger partial charge in [-0.3, -0.25) is 4.79 Å². The van der Waals surface area contributed by atoms with Crippen molar-refractivity contribution in [1.29, 1.82) is 0 Å². The Labute approximate surface area is 175 Å². The van der Waals surface area contributed by atoms with Crippen LogP contribution >= 0.6 is 0 Å². The molecule has 2 aliphatic heterocycles. The van der Waals surface area contributed by atoms with Crippen molar-refractivity contribution in [2.24, 2.45) is 0 Å². The molecule has 5 rings (SSSR count). The number of para-hydroxylation sites is 2. The van der Waals surface area contributed by atoms with Crippen LogP contribution in [-0.4, -0.2) is 28.5 Å². The Balaban J connectivity index is 1.39. The van der Waals surface area contributed by atoms with Crippen LogP contribution in [0.4, 0.5) is 17.6 Å². The van der Waals surface area contributed by atoms with E-state index in [-0.39, 0.29) is 5.56 Å². The number of carbonyl (C=O) groups excluding carboxylic acids is 1. The van der Waals surface area contributed by atoms with Crippen molar-refractivity contribution in [3.05, 3.63) is 83.4 Å². The number of hydrogen-bond donors (Lipinski definition) is 0. The van der Waals surface area contributed by atoms with E-state index in [1.54, 1.807) is 0 Å². The monoisotopic (exact) mass is 430 g/mol. The van der Waals surface area contributed by atoms with Gasteiger partial charge in [-0.25, -0.2) is 4.39 Å². The molecule has 31 heavy (non-hydrogen) atoms. The number of nitrogens with zero attached hydrogens (tertiary/aromatic N) is 2. The molecule has 0 aliphatic carbocycles. The first-order chi connectivity index (χ1) is 14.8. The molecule has 1 fully saturated rings. The van der Waals surface area contributed by atoms with Crippen LogP contribution in [0.5, 0.6) is 5.75 Å².